The number of hydrogen-bond acceptors (Lipinski definition) is 5. The maximum absolute atomic E-state index is 11.5. The number of hydrogen-bond donors (Lipinski definition) is 2. The fourth-order valence-corrected chi connectivity index (χ4v) is 2.72. The van der Waals surface area contributed by atoms with Gasteiger partial charge in [-0.25, -0.2) is 4.98 Å². The zero-order chi connectivity index (χ0) is 14.4. The molecule has 0 saturated carbocycles. The topological polar surface area (TPSA) is 70.2 Å². The van der Waals surface area contributed by atoms with Gasteiger partial charge in [-0.2, -0.15) is 0 Å². The largest absolute Gasteiger partial charge is 0.383 e. The van der Waals surface area contributed by atoms with E-state index in [1.807, 2.05) is 0 Å². The lowest BCUT2D eigenvalue weighted by Crippen LogP contribution is -2.41. The summed E-state index contributed by atoms with van der Waals surface area (Å²) in [5.41, 5.74) is -0.281. The van der Waals surface area contributed by atoms with Crippen LogP contribution in [-0.4, -0.2) is 49.9 Å². The smallest absolute Gasteiger partial charge is 0.271 e. The van der Waals surface area contributed by atoms with E-state index in [0.29, 0.717) is 11.7 Å². The van der Waals surface area contributed by atoms with Crippen LogP contribution in [0.3, 0.4) is 0 Å². The first-order valence-electron chi connectivity index (χ1n) is 6.90. The van der Waals surface area contributed by atoms with Crippen LogP contribution in [0.4, 0.5) is 5.82 Å². The summed E-state index contributed by atoms with van der Waals surface area (Å²) in [7, 11) is 1.70. The van der Waals surface area contributed by atoms with Crippen molar-refractivity contribution in [1.29, 1.82) is 0 Å². The maximum Gasteiger partial charge on any atom is 0.271 e. The van der Waals surface area contributed by atoms with E-state index < -0.39 is 0 Å². The number of aromatic amines is 1. The summed E-state index contributed by atoms with van der Waals surface area (Å²) in [4.78, 5) is 20.3. The van der Waals surface area contributed by atoms with Gasteiger partial charge < -0.3 is 19.9 Å². The predicted octanol–water partition coefficient (Wildman–Crippen LogP) is 0.876. The number of nitrogens with one attached hydrogen (secondary N) is 2. The van der Waals surface area contributed by atoms with E-state index in [-0.39, 0.29) is 10.6 Å². The second-order valence-corrected chi connectivity index (χ2v) is 5.40. The molecule has 1 aromatic heterocycles. The highest BCUT2D eigenvalue weighted by atomic mass is 35.5. The molecular weight excluding hydrogens is 280 g/mol. The molecule has 112 valence electrons. The standard InChI is InChI=1S/C13H21ClN4O2/c1-20-6-4-15-7-10-3-2-5-18(8-10)12-11(14)13(19)17-9-16-12/h9-10,15H,2-8H2,1H3,(H,16,17,19). The Morgan fingerprint density at radius 2 is 2.50 bits per heavy atom. The number of nitrogens with zero attached hydrogens (tertiary/aromatic N) is 2. The summed E-state index contributed by atoms with van der Waals surface area (Å²) >= 11 is 6.04. The van der Waals surface area contributed by atoms with E-state index in [0.717, 1.165) is 39.2 Å². The second-order valence-electron chi connectivity index (χ2n) is 5.02. The summed E-state index contributed by atoms with van der Waals surface area (Å²) in [6.45, 7) is 4.29. The van der Waals surface area contributed by atoms with Gasteiger partial charge in [-0.1, -0.05) is 11.6 Å². The highest BCUT2D eigenvalue weighted by Crippen LogP contribution is 2.24. The fraction of sp³-hybridized carbons (Fsp3) is 0.692. The minimum Gasteiger partial charge on any atom is -0.383 e. The molecule has 7 heteroatoms. The molecule has 2 heterocycles. The maximum atomic E-state index is 11.5. The molecule has 0 spiro atoms. The second kappa shape index (κ2) is 7.61. The minimum atomic E-state index is -0.281. The van der Waals surface area contributed by atoms with Crippen LogP contribution in [0, 0.1) is 5.92 Å². The zero-order valence-electron chi connectivity index (χ0n) is 11.7. The molecule has 2 N–H and O–H groups in total. The van der Waals surface area contributed by atoms with Crippen molar-refractivity contribution in [3.63, 3.8) is 0 Å². The lowest BCUT2D eigenvalue weighted by Gasteiger charge is -2.33. The molecule has 1 unspecified atom stereocenters. The Bertz CT molecular complexity index is 480. The molecule has 1 aromatic rings. The van der Waals surface area contributed by atoms with Gasteiger partial charge in [-0.05, 0) is 25.3 Å². The number of rotatable bonds is 6. The molecule has 1 aliphatic heterocycles. The van der Waals surface area contributed by atoms with Gasteiger partial charge in [-0.15, -0.1) is 0 Å². The van der Waals surface area contributed by atoms with E-state index in [2.05, 4.69) is 20.2 Å². The van der Waals surface area contributed by atoms with Gasteiger partial charge in [-0.3, -0.25) is 4.79 Å². The SMILES string of the molecule is COCCNCC1CCCN(c2nc[nH]c(=O)c2Cl)C1. The first kappa shape index (κ1) is 15.3. The van der Waals surface area contributed by atoms with Crippen molar-refractivity contribution in [3.05, 3.63) is 21.7 Å². The van der Waals surface area contributed by atoms with Crippen molar-refractivity contribution in [2.75, 3.05) is 44.8 Å². The number of ether oxygens (including phenoxy) is 1. The van der Waals surface area contributed by atoms with Crippen molar-refractivity contribution >= 4 is 17.4 Å². The molecular formula is C13H21ClN4O2. The summed E-state index contributed by atoms with van der Waals surface area (Å²) in [5.74, 6) is 1.13. The molecule has 0 amide bonds. The van der Waals surface area contributed by atoms with E-state index in [4.69, 9.17) is 16.3 Å². The van der Waals surface area contributed by atoms with Gasteiger partial charge in [0.1, 0.15) is 5.02 Å². The fourth-order valence-electron chi connectivity index (χ4n) is 2.50. The molecule has 0 aliphatic carbocycles. The van der Waals surface area contributed by atoms with Crippen LogP contribution in [0.25, 0.3) is 0 Å². The zero-order valence-corrected chi connectivity index (χ0v) is 12.4. The number of H-pyrrole nitrogens is 1. The van der Waals surface area contributed by atoms with Crippen molar-refractivity contribution in [1.82, 2.24) is 15.3 Å². The van der Waals surface area contributed by atoms with Crippen LogP contribution in [0.2, 0.25) is 5.02 Å². The van der Waals surface area contributed by atoms with E-state index in [9.17, 15) is 4.79 Å². The minimum absolute atomic E-state index is 0.181. The van der Waals surface area contributed by atoms with Crippen molar-refractivity contribution in [2.24, 2.45) is 5.92 Å². The lowest BCUT2D eigenvalue weighted by molar-refractivity contribution is 0.197. The van der Waals surface area contributed by atoms with Gasteiger partial charge in [0.2, 0.25) is 0 Å². The predicted molar refractivity (Wildman–Crippen MR) is 79.6 cm³/mol. The molecule has 1 aliphatic rings. The van der Waals surface area contributed by atoms with Gasteiger partial charge in [0.05, 0.1) is 12.9 Å². The Kier molecular flexibility index (Phi) is 5.82. The molecule has 1 atom stereocenters. The number of piperidine rings is 1. The Morgan fingerprint density at radius 3 is 3.30 bits per heavy atom. The van der Waals surface area contributed by atoms with Crippen LogP contribution in [-0.2, 0) is 4.74 Å². The van der Waals surface area contributed by atoms with Gasteiger partial charge >= 0.3 is 0 Å². The molecule has 20 heavy (non-hydrogen) atoms. The third kappa shape index (κ3) is 3.94. The number of methoxy groups -OCH3 is 1. The number of anilines is 1. The van der Waals surface area contributed by atoms with Crippen molar-refractivity contribution in [2.45, 2.75) is 12.8 Å². The van der Waals surface area contributed by atoms with Crippen LogP contribution in [0.15, 0.2) is 11.1 Å². The Labute approximate surface area is 123 Å². The average Bonchev–Trinajstić information content (AvgIpc) is 2.47. The molecule has 6 nitrogen and oxygen atoms in total. The number of aromatic nitrogens is 2. The average molecular weight is 301 g/mol. The van der Waals surface area contributed by atoms with Gasteiger partial charge in [0, 0.05) is 26.7 Å². The van der Waals surface area contributed by atoms with Crippen molar-refractivity contribution in [3.8, 4) is 0 Å². The normalized spacial score (nSPS) is 19.3. The molecule has 0 aromatic carbocycles. The molecule has 1 saturated heterocycles. The van der Waals surface area contributed by atoms with Gasteiger partial charge in [0.15, 0.2) is 5.82 Å². The van der Waals surface area contributed by atoms with Crippen molar-refractivity contribution < 1.29 is 4.74 Å². The monoisotopic (exact) mass is 300 g/mol. The summed E-state index contributed by atoms with van der Waals surface area (Å²) in [6.07, 6.45) is 3.67. The quantitative estimate of drug-likeness (QED) is 0.763. The third-order valence-electron chi connectivity index (χ3n) is 3.51. The highest BCUT2D eigenvalue weighted by Gasteiger charge is 2.23. The van der Waals surface area contributed by atoms with Crippen LogP contribution < -0.4 is 15.8 Å². The van der Waals surface area contributed by atoms with E-state index in [1.54, 1.807) is 7.11 Å². The summed E-state index contributed by atoms with van der Waals surface area (Å²) < 4.78 is 5.01. The first-order chi connectivity index (χ1) is 9.72. The Balaban J connectivity index is 1.93. The molecule has 0 bridgehead atoms. The summed E-state index contributed by atoms with van der Waals surface area (Å²) in [5, 5.41) is 3.56. The van der Waals surface area contributed by atoms with Crippen LogP contribution >= 0.6 is 11.6 Å². The number of halogens is 1. The van der Waals surface area contributed by atoms with E-state index >= 15 is 0 Å². The lowest BCUT2D eigenvalue weighted by atomic mass is 9.98. The van der Waals surface area contributed by atoms with Gasteiger partial charge in [0.25, 0.3) is 5.56 Å². The molecule has 0 radical (unpaired) electrons. The molecule has 2 rings (SSSR count). The summed E-state index contributed by atoms with van der Waals surface area (Å²) in [6, 6.07) is 0. The Hall–Kier alpha value is -1.11. The van der Waals surface area contributed by atoms with Crippen LogP contribution in [0.1, 0.15) is 12.8 Å². The molecule has 1 fully saturated rings. The van der Waals surface area contributed by atoms with Crippen LogP contribution in [0.5, 0.6) is 0 Å². The third-order valence-corrected chi connectivity index (χ3v) is 3.85. The first-order valence-corrected chi connectivity index (χ1v) is 7.28. The Morgan fingerprint density at radius 1 is 1.65 bits per heavy atom. The highest BCUT2D eigenvalue weighted by molar-refractivity contribution is 6.32. The van der Waals surface area contributed by atoms with E-state index in [1.165, 1.54) is 12.7 Å².